The molecule has 1 aromatic heterocycles. The zero-order valence-corrected chi connectivity index (χ0v) is 17.3. The second kappa shape index (κ2) is 8.55. The summed E-state index contributed by atoms with van der Waals surface area (Å²) in [5.74, 6) is -0.549. The highest BCUT2D eigenvalue weighted by Gasteiger charge is 2.32. The van der Waals surface area contributed by atoms with Crippen LogP contribution in [-0.2, 0) is 19.3 Å². The lowest BCUT2D eigenvalue weighted by atomic mass is 10.1. The van der Waals surface area contributed by atoms with Gasteiger partial charge >= 0.3 is 11.9 Å². The van der Waals surface area contributed by atoms with E-state index in [0.717, 1.165) is 11.6 Å². The molecule has 0 bridgehead atoms. The largest absolute Gasteiger partial charge is 0.416 e. The topological polar surface area (TPSA) is 66.9 Å². The molecule has 1 amide bonds. The van der Waals surface area contributed by atoms with Crippen LogP contribution in [-0.4, -0.2) is 15.5 Å². The van der Waals surface area contributed by atoms with E-state index in [1.54, 1.807) is 24.3 Å². The summed E-state index contributed by atoms with van der Waals surface area (Å²) in [6, 6.07) is 16.8. The molecule has 0 unspecified atom stereocenters. The summed E-state index contributed by atoms with van der Waals surface area (Å²) in [7, 11) is 0. The molecule has 0 saturated heterocycles. The van der Waals surface area contributed by atoms with Crippen molar-refractivity contribution in [2.45, 2.75) is 19.3 Å². The Labute approximate surface area is 185 Å². The molecule has 0 spiro atoms. The first kappa shape index (κ1) is 21.7. The van der Waals surface area contributed by atoms with Crippen LogP contribution in [0.3, 0.4) is 0 Å². The fourth-order valence-electron chi connectivity index (χ4n) is 3.51. The van der Waals surface area contributed by atoms with Crippen LogP contribution >= 0.6 is 11.6 Å². The van der Waals surface area contributed by atoms with Gasteiger partial charge in [-0.1, -0.05) is 41.9 Å². The van der Waals surface area contributed by atoms with Crippen LogP contribution in [0.2, 0.25) is 5.02 Å². The first-order valence-corrected chi connectivity index (χ1v) is 10.0. The van der Waals surface area contributed by atoms with E-state index >= 15 is 0 Å². The number of alkyl halides is 3. The molecule has 0 radical (unpaired) electrons. The van der Waals surface area contributed by atoms with Crippen LogP contribution in [0.25, 0.3) is 11.0 Å². The van der Waals surface area contributed by atoms with Crippen molar-refractivity contribution in [2.24, 2.45) is 0 Å². The summed E-state index contributed by atoms with van der Waals surface area (Å²) >= 11 is 6.01. The molecule has 0 aliphatic heterocycles. The Hall–Kier alpha value is -3.52. The highest BCUT2D eigenvalue weighted by atomic mass is 35.5. The van der Waals surface area contributed by atoms with Gasteiger partial charge in [-0.05, 0) is 47.5 Å². The minimum absolute atomic E-state index is 0.0319. The van der Waals surface area contributed by atoms with E-state index in [0.29, 0.717) is 22.6 Å². The lowest BCUT2D eigenvalue weighted by Crippen LogP contribution is -2.24. The molecule has 2 N–H and O–H groups in total. The molecule has 4 aromatic rings. The number of carbonyl (C=O) groups excluding carboxylic acids is 1. The van der Waals surface area contributed by atoms with E-state index in [4.69, 9.17) is 11.6 Å². The number of halogens is 4. The van der Waals surface area contributed by atoms with Crippen molar-refractivity contribution in [1.82, 2.24) is 14.9 Å². The summed E-state index contributed by atoms with van der Waals surface area (Å²) in [5, 5.41) is 3.06. The summed E-state index contributed by atoms with van der Waals surface area (Å²) < 4.78 is 40.9. The highest BCUT2D eigenvalue weighted by molar-refractivity contribution is 6.30. The number of amides is 1. The first-order valence-electron chi connectivity index (χ1n) is 9.63. The summed E-state index contributed by atoms with van der Waals surface area (Å²) in [6.07, 6.45) is -4.51. The average molecular weight is 460 g/mol. The van der Waals surface area contributed by atoms with Crippen LogP contribution in [0.4, 0.5) is 13.2 Å². The van der Waals surface area contributed by atoms with Crippen molar-refractivity contribution in [2.75, 3.05) is 0 Å². The van der Waals surface area contributed by atoms with Crippen molar-refractivity contribution in [3.05, 3.63) is 104 Å². The highest BCUT2D eigenvalue weighted by Crippen LogP contribution is 2.31. The third-order valence-electron chi connectivity index (χ3n) is 5.03. The number of rotatable bonds is 5. The fourth-order valence-corrected chi connectivity index (χ4v) is 3.72. The number of hydrogen-bond acceptors (Lipinski definition) is 2. The minimum Gasteiger partial charge on any atom is -0.348 e. The lowest BCUT2D eigenvalue weighted by molar-refractivity contribution is -0.138. The third kappa shape index (κ3) is 4.55. The van der Waals surface area contributed by atoms with Crippen molar-refractivity contribution in [3.8, 4) is 0 Å². The Morgan fingerprint density at radius 1 is 1.03 bits per heavy atom. The second-order valence-electron chi connectivity index (χ2n) is 7.22. The zero-order valence-electron chi connectivity index (χ0n) is 16.5. The van der Waals surface area contributed by atoms with Crippen molar-refractivity contribution in [1.29, 1.82) is 0 Å². The van der Waals surface area contributed by atoms with Gasteiger partial charge in [0.15, 0.2) is 0 Å². The van der Waals surface area contributed by atoms with Crippen molar-refractivity contribution in [3.63, 3.8) is 0 Å². The Balaban J connectivity index is 1.55. The van der Waals surface area contributed by atoms with Crippen molar-refractivity contribution >= 4 is 28.5 Å². The number of imidazole rings is 1. The number of nitrogens with one attached hydrogen (secondary N) is 2. The number of benzene rings is 3. The molecule has 0 aliphatic rings. The average Bonchev–Trinajstić information content (AvgIpc) is 3.06. The molecule has 32 heavy (non-hydrogen) atoms. The number of hydrogen-bond donors (Lipinski definition) is 2. The fraction of sp³-hybridized carbons (Fsp3) is 0.130. The van der Waals surface area contributed by atoms with Gasteiger partial charge in [0, 0.05) is 17.1 Å². The standard InChI is InChI=1S/C23H17ClF3N3O2/c24-17-6-3-4-14(10-17)13-30-20-9-8-15(11-19(20)29-22(30)32)21(31)28-12-16-5-1-2-7-18(16)23(25,26)27/h1-11H,12-13H2,(H,28,31)(H,29,32). The minimum atomic E-state index is -4.51. The normalized spacial score (nSPS) is 11.6. The smallest absolute Gasteiger partial charge is 0.348 e. The van der Waals surface area contributed by atoms with E-state index in [1.807, 2.05) is 6.07 Å². The van der Waals surface area contributed by atoms with Gasteiger partial charge in [0.25, 0.3) is 5.91 Å². The van der Waals surface area contributed by atoms with Crippen molar-refractivity contribution < 1.29 is 18.0 Å². The van der Waals surface area contributed by atoms with Gasteiger partial charge in [-0.2, -0.15) is 13.2 Å². The van der Waals surface area contributed by atoms with Gasteiger partial charge in [-0.3, -0.25) is 9.36 Å². The molecule has 5 nitrogen and oxygen atoms in total. The molecule has 4 rings (SSSR count). The molecule has 9 heteroatoms. The van der Waals surface area contributed by atoms with E-state index in [-0.39, 0.29) is 23.4 Å². The van der Waals surface area contributed by atoms with Gasteiger partial charge in [-0.25, -0.2) is 4.79 Å². The maximum Gasteiger partial charge on any atom is 0.416 e. The molecule has 0 saturated carbocycles. The lowest BCUT2D eigenvalue weighted by Gasteiger charge is -2.13. The first-order chi connectivity index (χ1) is 15.2. The number of aromatic amines is 1. The van der Waals surface area contributed by atoms with Crippen LogP contribution in [0.1, 0.15) is 27.0 Å². The van der Waals surface area contributed by atoms with E-state index in [9.17, 15) is 22.8 Å². The number of carbonyl (C=O) groups is 1. The molecule has 1 heterocycles. The van der Waals surface area contributed by atoms with E-state index in [2.05, 4.69) is 10.3 Å². The molecule has 0 fully saturated rings. The quantitative estimate of drug-likeness (QED) is 0.442. The molecular weight excluding hydrogens is 443 g/mol. The number of nitrogens with zero attached hydrogens (tertiary/aromatic N) is 1. The SMILES string of the molecule is O=C(NCc1ccccc1C(F)(F)F)c1ccc2c(c1)[nH]c(=O)n2Cc1cccc(Cl)c1. The monoisotopic (exact) mass is 459 g/mol. The van der Waals surface area contributed by atoms with E-state index in [1.165, 1.54) is 34.9 Å². The van der Waals surface area contributed by atoms with Gasteiger partial charge in [0.05, 0.1) is 23.1 Å². The summed E-state index contributed by atoms with van der Waals surface area (Å²) in [4.78, 5) is 27.7. The van der Waals surface area contributed by atoms with Gasteiger partial charge in [0.2, 0.25) is 0 Å². The Morgan fingerprint density at radius 3 is 2.56 bits per heavy atom. The number of fused-ring (bicyclic) bond motifs is 1. The molecule has 3 aromatic carbocycles. The summed E-state index contributed by atoms with van der Waals surface area (Å²) in [5.41, 5.74) is 0.920. The van der Waals surface area contributed by atoms with Crippen LogP contribution < -0.4 is 11.0 Å². The molecule has 164 valence electrons. The third-order valence-corrected chi connectivity index (χ3v) is 5.26. The Morgan fingerprint density at radius 2 is 1.81 bits per heavy atom. The number of H-pyrrole nitrogens is 1. The van der Waals surface area contributed by atoms with Crippen LogP contribution in [0.5, 0.6) is 0 Å². The maximum absolute atomic E-state index is 13.1. The maximum atomic E-state index is 13.1. The predicted octanol–water partition coefficient (Wildman–Crippen LogP) is 4.98. The van der Waals surface area contributed by atoms with E-state index < -0.39 is 17.6 Å². The van der Waals surface area contributed by atoms with Crippen LogP contribution in [0.15, 0.2) is 71.5 Å². The Kier molecular flexibility index (Phi) is 5.80. The Bertz CT molecular complexity index is 1360. The zero-order chi connectivity index (χ0) is 22.9. The molecule has 0 aliphatic carbocycles. The van der Waals surface area contributed by atoms with Gasteiger partial charge in [0.1, 0.15) is 0 Å². The van der Waals surface area contributed by atoms with Gasteiger partial charge in [-0.15, -0.1) is 0 Å². The molecular formula is C23H17ClF3N3O2. The summed E-state index contributed by atoms with van der Waals surface area (Å²) in [6.45, 7) is 0.0119. The second-order valence-corrected chi connectivity index (χ2v) is 7.65. The molecule has 0 atom stereocenters. The van der Waals surface area contributed by atoms with Gasteiger partial charge < -0.3 is 10.3 Å². The van der Waals surface area contributed by atoms with Crippen LogP contribution in [0, 0.1) is 0 Å². The number of aromatic nitrogens is 2. The predicted molar refractivity (Wildman–Crippen MR) is 116 cm³/mol.